The molecule has 0 saturated heterocycles. The van der Waals surface area contributed by atoms with Crippen LogP contribution in [0.25, 0.3) is 11.1 Å². The number of esters is 1. The van der Waals surface area contributed by atoms with Crippen molar-refractivity contribution in [3.05, 3.63) is 89.0 Å². The Bertz CT molecular complexity index is 1480. The molecule has 0 unspecified atom stereocenters. The molecule has 0 aromatic heterocycles. The van der Waals surface area contributed by atoms with Crippen molar-refractivity contribution < 1.29 is 43.2 Å². The molecular weight excluding hydrogens is 566 g/mol. The van der Waals surface area contributed by atoms with Gasteiger partial charge in [-0.25, -0.2) is 14.4 Å². The van der Waals surface area contributed by atoms with Crippen molar-refractivity contribution in [2.24, 2.45) is 0 Å². The zero-order valence-electron chi connectivity index (χ0n) is 25.3. The Morgan fingerprint density at radius 1 is 0.909 bits per heavy atom. The van der Waals surface area contributed by atoms with E-state index in [1.54, 1.807) is 39.8 Å². The van der Waals surface area contributed by atoms with Gasteiger partial charge in [0.2, 0.25) is 0 Å². The molecule has 0 radical (unpaired) electrons. The lowest BCUT2D eigenvalue weighted by molar-refractivity contribution is -0.143. The Morgan fingerprint density at radius 3 is 2.14 bits per heavy atom. The van der Waals surface area contributed by atoms with Crippen LogP contribution in [-0.2, 0) is 36.6 Å². The molecule has 0 heterocycles. The van der Waals surface area contributed by atoms with Crippen LogP contribution in [-0.4, -0.2) is 54.2 Å². The Kier molecular flexibility index (Phi) is 10.3. The van der Waals surface area contributed by atoms with E-state index in [1.807, 2.05) is 48.5 Å². The Labute approximate surface area is 256 Å². The van der Waals surface area contributed by atoms with E-state index in [0.29, 0.717) is 11.1 Å². The summed E-state index contributed by atoms with van der Waals surface area (Å²) >= 11 is 0. The van der Waals surface area contributed by atoms with E-state index in [-0.39, 0.29) is 44.1 Å². The number of benzene rings is 3. The first-order valence-corrected chi connectivity index (χ1v) is 14.5. The number of carbonyl (C=O) groups is 4. The molecular formula is C34H37NO9. The first kappa shape index (κ1) is 32.1. The molecule has 2 N–H and O–H groups in total. The number of amides is 1. The van der Waals surface area contributed by atoms with Crippen LogP contribution in [0.4, 0.5) is 9.59 Å². The number of aliphatic carboxylic acids is 1. The molecule has 0 saturated carbocycles. The first-order valence-electron chi connectivity index (χ1n) is 14.5. The fourth-order valence-corrected chi connectivity index (χ4v) is 5.10. The van der Waals surface area contributed by atoms with Gasteiger partial charge in [-0.15, -0.1) is 0 Å². The summed E-state index contributed by atoms with van der Waals surface area (Å²) in [6.45, 7) is 7.08. The maximum atomic E-state index is 12.8. The number of carboxylic acid groups (broad SMARTS) is 1. The van der Waals surface area contributed by atoms with Crippen LogP contribution in [0.15, 0.2) is 66.7 Å². The molecule has 1 atom stereocenters. The average molecular weight is 604 g/mol. The third kappa shape index (κ3) is 8.37. The number of hydrogen-bond donors (Lipinski definition) is 2. The van der Waals surface area contributed by atoms with Gasteiger partial charge in [-0.2, -0.15) is 0 Å². The van der Waals surface area contributed by atoms with Crippen LogP contribution in [0.2, 0.25) is 0 Å². The fourth-order valence-electron chi connectivity index (χ4n) is 5.10. The lowest BCUT2D eigenvalue weighted by Gasteiger charge is -2.20. The van der Waals surface area contributed by atoms with Crippen LogP contribution in [0, 0.1) is 0 Å². The number of carboxylic acids is 1. The van der Waals surface area contributed by atoms with Crippen LogP contribution in [0.5, 0.6) is 5.75 Å². The second kappa shape index (κ2) is 14.1. The van der Waals surface area contributed by atoms with Gasteiger partial charge in [-0.05, 0) is 73.6 Å². The van der Waals surface area contributed by atoms with Crippen molar-refractivity contribution in [3.8, 4) is 16.9 Å². The van der Waals surface area contributed by atoms with E-state index in [2.05, 4.69) is 5.32 Å². The quantitative estimate of drug-likeness (QED) is 0.153. The van der Waals surface area contributed by atoms with Gasteiger partial charge in [-0.3, -0.25) is 4.79 Å². The summed E-state index contributed by atoms with van der Waals surface area (Å²) in [5.41, 5.74) is 4.48. The van der Waals surface area contributed by atoms with Crippen LogP contribution >= 0.6 is 0 Å². The van der Waals surface area contributed by atoms with Gasteiger partial charge in [0.15, 0.2) is 0 Å². The maximum Gasteiger partial charge on any atom is 0.514 e. The van der Waals surface area contributed by atoms with E-state index < -0.39 is 35.8 Å². The van der Waals surface area contributed by atoms with E-state index >= 15 is 0 Å². The van der Waals surface area contributed by atoms with Crippen molar-refractivity contribution in [2.45, 2.75) is 64.5 Å². The van der Waals surface area contributed by atoms with E-state index in [0.717, 1.165) is 22.3 Å². The molecule has 10 nitrogen and oxygen atoms in total. The zero-order chi connectivity index (χ0) is 31.9. The third-order valence-corrected chi connectivity index (χ3v) is 6.99. The lowest BCUT2D eigenvalue weighted by Crippen LogP contribution is -2.42. The average Bonchev–Trinajstić information content (AvgIpc) is 3.28. The molecule has 1 aliphatic rings. The normalized spacial score (nSPS) is 12.8. The lowest BCUT2D eigenvalue weighted by atomic mass is 9.98. The van der Waals surface area contributed by atoms with E-state index in [9.17, 15) is 24.3 Å². The van der Waals surface area contributed by atoms with Crippen LogP contribution in [0.3, 0.4) is 0 Å². The van der Waals surface area contributed by atoms with E-state index in [4.69, 9.17) is 18.9 Å². The van der Waals surface area contributed by atoms with Crippen molar-refractivity contribution in [2.75, 3.05) is 13.2 Å². The number of carbonyl (C=O) groups excluding carboxylic acids is 3. The summed E-state index contributed by atoms with van der Waals surface area (Å²) < 4.78 is 21.2. The number of alkyl carbamates (subject to hydrolysis) is 1. The Hall–Kier alpha value is -4.86. The fraction of sp³-hybridized carbons (Fsp3) is 0.353. The van der Waals surface area contributed by atoms with Gasteiger partial charge in [0.05, 0.1) is 6.61 Å². The SMILES string of the molecule is CCOC(=O)CCc1cc(C[C@H](NC(=O)OCC2c3ccccc3-c3ccccc32)C(=O)O)ccc1OC(=O)OC(C)(C)C. The minimum absolute atomic E-state index is 0.0162. The molecule has 0 spiro atoms. The second-order valence-corrected chi connectivity index (χ2v) is 11.4. The summed E-state index contributed by atoms with van der Waals surface area (Å²) in [7, 11) is 0. The Balaban J connectivity index is 1.44. The topological polar surface area (TPSA) is 137 Å². The number of nitrogens with one attached hydrogen (secondary N) is 1. The zero-order valence-corrected chi connectivity index (χ0v) is 25.3. The largest absolute Gasteiger partial charge is 0.514 e. The molecule has 1 amide bonds. The molecule has 10 heteroatoms. The number of fused-ring (bicyclic) bond motifs is 3. The molecule has 0 aliphatic heterocycles. The highest BCUT2D eigenvalue weighted by Gasteiger charge is 2.30. The van der Waals surface area contributed by atoms with Gasteiger partial charge < -0.3 is 29.4 Å². The van der Waals surface area contributed by atoms with Gasteiger partial charge in [0.1, 0.15) is 24.0 Å². The molecule has 232 valence electrons. The molecule has 0 fully saturated rings. The summed E-state index contributed by atoms with van der Waals surface area (Å²) in [6, 6.07) is 19.3. The van der Waals surface area contributed by atoms with Gasteiger partial charge in [0.25, 0.3) is 0 Å². The van der Waals surface area contributed by atoms with Crippen molar-refractivity contribution >= 4 is 24.2 Å². The Morgan fingerprint density at radius 2 is 1.55 bits per heavy atom. The predicted molar refractivity (Wildman–Crippen MR) is 162 cm³/mol. The van der Waals surface area contributed by atoms with Gasteiger partial charge >= 0.3 is 24.2 Å². The maximum absolute atomic E-state index is 12.8. The second-order valence-electron chi connectivity index (χ2n) is 11.4. The third-order valence-electron chi connectivity index (χ3n) is 6.99. The van der Waals surface area contributed by atoms with Gasteiger partial charge in [-0.1, -0.05) is 60.7 Å². The van der Waals surface area contributed by atoms with Crippen LogP contribution < -0.4 is 10.1 Å². The number of rotatable bonds is 11. The highest BCUT2D eigenvalue weighted by Crippen LogP contribution is 2.44. The highest BCUT2D eigenvalue weighted by atomic mass is 16.7. The number of aryl methyl sites for hydroxylation is 1. The van der Waals surface area contributed by atoms with Crippen molar-refractivity contribution in [1.82, 2.24) is 5.32 Å². The molecule has 1 aliphatic carbocycles. The van der Waals surface area contributed by atoms with E-state index in [1.165, 1.54) is 6.07 Å². The summed E-state index contributed by atoms with van der Waals surface area (Å²) in [5, 5.41) is 12.3. The summed E-state index contributed by atoms with van der Waals surface area (Å²) in [6.07, 6.45) is -1.67. The molecule has 3 aromatic rings. The minimum Gasteiger partial charge on any atom is -0.480 e. The van der Waals surface area contributed by atoms with Crippen molar-refractivity contribution in [1.29, 1.82) is 0 Å². The molecule has 4 rings (SSSR count). The highest BCUT2D eigenvalue weighted by molar-refractivity contribution is 5.81. The number of ether oxygens (including phenoxy) is 4. The molecule has 44 heavy (non-hydrogen) atoms. The molecule has 3 aromatic carbocycles. The first-order chi connectivity index (χ1) is 20.9. The van der Waals surface area contributed by atoms with Crippen LogP contribution in [0.1, 0.15) is 62.3 Å². The predicted octanol–water partition coefficient (Wildman–Crippen LogP) is 6.03. The van der Waals surface area contributed by atoms with Crippen molar-refractivity contribution in [3.63, 3.8) is 0 Å². The standard InChI is InChI=1S/C34H37NO9/c1-5-41-30(36)17-15-22-18-21(14-16-29(22)43-33(40)44-34(2,3)4)19-28(31(37)38)35-32(39)42-20-27-25-12-8-6-10-23(25)24-11-7-9-13-26(24)27/h6-14,16,18,27-28H,5,15,17,19-20H2,1-4H3,(H,35,39)(H,37,38)/t28-/m0/s1. The monoisotopic (exact) mass is 603 g/mol. The van der Waals surface area contributed by atoms with Gasteiger partial charge in [0, 0.05) is 18.8 Å². The summed E-state index contributed by atoms with van der Waals surface area (Å²) in [5.74, 6) is -1.68. The summed E-state index contributed by atoms with van der Waals surface area (Å²) in [4.78, 5) is 49.3. The molecule has 0 bridgehead atoms. The number of hydrogen-bond acceptors (Lipinski definition) is 8. The minimum atomic E-state index is -1.30. The smallest absolute Gasteiger partial charge is 0.480 e.